The lowest BCUT2D eigenvalue weighted by molar-refractivity contribution is -0.126. The van der Waals surface area contributed by atoms with Crippen LogP contribution in [0.15, 0.2) is 54.6 Å². The van der Waals surface area contributed by atoms with Gasteiger partial charge in [-0.25, -0.2) is 0 Å². The Labute approximate surface area is 129 Å². The van der Waals surface area contributed by atoms with E-state index in [-0.39, 0.29) is 5.91 Å². The van der Waals surface area contributed by atoms with Crippen molar-refractivity contribution in [2.45, 2.75) is 13.0 Å². The third kappa shape index (κ3) is 3.17. The molecule has 3 heteroatoms. The Balaban J connectivity index is 1.71. The van der Waals surface area contributed by atoms with Gasteiger partial charge in [0.2, 0.25) is 5.91 Å². The van der Waals surface area contributed by atoms with Crippen molar-refractivity contribution >= 4 is 23.6 Å². The van der Waals surface area contributed by atoms with Gasteiger partial charge in [-0.1, -0.05) is 54.1 Å². The summed E-state index contributed by atoms with van der Waals surface area (Å²) in [5, 5.41) is 0.658. The Morgan fingerprint density at radius 1 is 1.05 bits per heavy atom. The summed E-state index contributed by atoms with van der Waals surface area (Å²) in [6.07, 6.45) is 4.31. The van der Waals surface area contributed by atoms with Gasteiger partial charge in [-0.3, -0.25) is 4.79 Å². The number of rotatable bonds is 2. The van der Waals surface area contributed by atoms with Crippen molar-refractivity contribution in [3.63, 3.8) is 0 Å². The molecular weight excluding hydrogens is 282 g/mol. The molecule has 1 amide bonds. The van der Waals surface area contributed by atoms with E-state index in [1.54, 1.807) is 12.2 Å². The zero-order valence-electron chi connectivity index (χ0n) is 11.6. The van der Waals surface area contributed by atoms with Crippen LogP contribution in [0.3, 0.4) is 0 Å². The van der Waals surface area contributed by atoms with Gasteiger partial charge in [0.25, 0.3) is 0 Å². The quantitative estimate of drug-likeness (QED) is 0.769. The molecule has 3 rings (SSSR count). The van der Waals surface area contributed by atoms with E-state index in [9.17, 15) is 4.79 Å². The van der Waals surface area contributed by atoms with Gasteiger partial charge in [0.15, 0.2) is 0 Å². The van der Waals surface area contributed by atoms with Crippen LogP contribution in [0.5, 0.6) is 0 Å². The molecule has 1 aliphatic rings. The van der Waals surface area contributed by atoms with E-state index in [0.717, 1.165) is 18.5 Å². The zero-order valence-corrected chi connectivity index (χ0v) is 12.4. The van der Waals surface area contributed by atoms with Gasteiger partial charge in [-0.15, -0.1) is 0 Å². The molecule has 2 nitrogen and oxygen atoms in total. The maximum Gasteiger partial charge on any atom is 0.246 e. The second-order valence-corrected chi connectivity index (χ2v) is 5.54. The fourth-order valence-electron chi connectivity index (χ4n) is 2.56. The van der Waals surface area contributed by atoms with E-state index in [0.29, 0.717) is 11.6 Å². The average Bonchev–Trinajstić information content (AvgIpc) is 2.53. The number of carbonyl (C=O) groups excluding carboxylic acids is 1. The van der Waals surface area contributed by atoms with Crippen LogP contribution in [-0.4, -0.2) is 17.4 Å². The van der Waals surface area contributed by atoms with Crippen LogP contribution < -0.4 is 0 Å². The maximum atomic E-state index is 12.3. The van der Waals surface area contributed by atoms with E-state index >= 15 is 0 Å². The van der Waals surface area contributed by atoms with Crippen molar-refractivity contribution in [1.82, 2.24) is 4.90 Å². The number of nitrogens with zero attached hydrogens (tertiary/aromatic N) is 1. The van der Waals surface area contributed by atoms with E-state index in [2.05, 4.69) is 12.1 Å². The fourth-order valence-corrected chi connectivity index (χ4v) is 2.76. The summed E-state index contributed by atoms with van der Waals surface area (Å²) in [5.74, 6) is 0.0319. The molecule has 0 spiro atoms. The standard InChI is InChI=1S/C18H16ClNO/c19-17-8-4-3-6-15(17)9-10-18(21)20-12-11-14-5-1-2-7-16(14)13-20/h1-10H,11-13H2. The minimum absolute atomic E-state index is 0.0319. The molecule has 1 aliphatic heterocycles. The van der Waals surface area contributed by atoms with E-state index in [1.807, 2.05) is 41.3 Å². The van der Waals surface area contributed by atoms with Gasteiger partial charge in [0, 0.05) is 24.2 Å². The summed E-state index contributed by atoms with van der Waals surface area (Å²) in [4.78, 5) is 14.2. The summed E-state index contributed by atoms with van der Waals surface area (Å²) in [7, 11) is 0. The third-order valence-corrected chi connectivity index (χ3v) is 4.10. The number of carbonyl (C=O) groups is 1. The molecule has 2 aromatic carbocycles. The zero-order chi connectivity index (χ0) is 14.7. The summed E-state index contributed by atoms with van der Waals surface area (Å²) >= 11 is 6.08. The normalized spacial score (nSPS) is 14.2. The lowest BCUT2D eigenvalue weighted by Crippen LogP contribution is -2.34. The van der Waals surface area contributed by atoms with Crippen LogP contribution in [0.4, 0.5) is 0 Å². The molecule has 0 bridgehead atoms. The van der Waals surface area contributed by atoms with Gasteiger partial charge in [-0.2, -0.15) is 0 Å². The molecule has 0 aliphatic carbocycles. The molecule has 0 N–H and O–H groups in total. The largest absolute Gasteiger partial charge is 0.334 e. The fraction of sp³-hybridized carbons (Fsp3) is 0.167. The summed E-state index contributed by atoms with van der Waals surface area (Å²) in [6.45, 7) is 1.45. The highest BCUT2D eigenvalue weighted by molar-refractivity contribution is 6.32. The predicted octanol–water partition coefficient (Wildman–Crippen LogP) is 3.94. The van der Waals surface area contributed by atoms with Crippen molar-refractivity contribution in [2.24, 2.45) is 0 Å². The van der Waals surface area contributed by atoms with Crippen molar-refractivity contribution < 1.29 is 4.79 Å². The van der Waals surface area contributed by atoms with Gasteiger partial charge < -0.3 is 4.90 Å². The van der Waals surface area contributed by atoms with Gasteiger partial charge in [0.05, 0.1) is 0 Å². The Morgan fingerprint density at radius 3 is 2.57 bits per heavy atom. The van der Waals surface area contributed by atoms with Crippen LogP contribution in [0.25, 0.3) is 6.08 Å². The Bertz CT molecular complexity index is 693. The summed E-state index contributed by atoms with van der Waals surface area (Å²) < 4.78 is 0. The second kappa shape index (κ2) is 6.15. The molecule has 106 valence electrons. The van der Waals surface area contributed by atoms with Crippen molar-refractivity contribution in [3.05, 3.63) is 76.3 Å². The molecule has 0 unspecified atom stereocenters. The van der Waals surface area contributed by atoms with Gasteiger partial charge in [-0.05, 0) is 35.3 Å². The molecule has 0 fully saturated rings. The monoisotopic (exact) mass is 297 g/mol. The first-order chi connectivity index (χ1) is 10.2. The van der Waals surface area contributed by atoms with Crippen LogP contribution in [-0.2, 0) is 17.8 Å². The summed E-state index contributed by atoms with van der Waals surface area (Å²) in [6, 6.07) is 15.8. The van der Waals surface area contributed by atoms with E-state index in [1.165, 1.54) is 11.1 Å². The number of amides is 1. The Morgan fingerprint density at radius 2 is 1.76 bits per heavy atom. The molecule has 0 radical (unpaired) electrons. The molecular formula is C18H16ClNO. The van der Waals surface area contributed by atoms with Gasteiger partial charge >= 0.3 is 0 Å². The number of benzene rings is 2. The Kier molecular flexibility index (Phi) is 4.07. The molecule has 1 heterocycles. The average molecular weight is 298 g/mol. The van der Waals surface area contributed by atoms with Crippen molar-refractivity contribution in [3.8, 4) is 0 Å². The highest BCUT2D eigenvalue weighted by atomic mass is 35.5. The number of hydrogen-bond acceptors (Lipinski definition) is 1. The Hall–Kier alpha value is -2.06. The molecule has 21 heavy (non-hydrogen) atoms. The highest BCUT2D eigenvalue weighted by Gasteiger charge is 2.18. The minimum Gasteiger partial charge on any atom is -0.334 e. The molecule has 0 atom stereocenters. The van der Waals surface area contributed by atoms with Crippen LogP contribution in [0, 0.1) is 0 Å². The predicted molar refractivity (Wildman–Crippen MR) is 86.0 cm³/mol. The number of fused-ring (bicyclic) bond motifs is 1. The summed E-state index contributed by atoms with van der Waals surface area (Å²) in [5.41, 5.74) is 3.45. The smallest absolute Gasteiger partial charge is 0.246 e. The van der Waals surface area contributed by atoms with E-state index in [4.69, 9.17) is 11.6 Å². The molecule has 0 saturated heterocycles. The second-order valence-electron chi connectivity index (χ2n) is 5.13. The van der Waals surface area contributed by atoms with Crippen LogP contribution >= 0.6 is 11.6 Å². The van der Waals surface area contributed by atoms with Crippen molar-refractivity contribution in [2.75, 3.05) is 6.54 Å². The number of hydrogen-bond donors (Lipinski definition) is 0. The minimum atomic E-state index is 0.0319. The number of halogens is 1. The maximum absolute atomic E-state index is 12.3. The lowest BCUT2D eigenvalue weighted by Gasteiger charge is -2.27. The van der Waals surface area contributed by atoms with Crippen molar-refractivity contribution in [1.29, 1.82) is 0 Å². The molecule has 0 saturated carbocycles. The first kappa shape index (κ1) is 13.9. The van der Waals surface area contributed by atoms with E-state index < -0.39 is 0 Å². The first-order valence-electron chi connectivity index (χ1n) is 7.02. The third-order valence-electron chi connectivity index (χ3n) is 3.75. The molecule has 2 aromatic rings. The topological polar surface area (TPSA) is 20.3 Å². The molecule has 0 aromatic heterocycles. The van der Waals surface area contributed by atoms with Gasteiger partial charge in [0.1, 0.15) is 0 Å². The van der Waals surface area contributed by atoms with Crippen LogP contribution in [0.1, 0.15) is 16.7 Å². The first-order valence-corrected chi connectivity index (χ1v) is 7.40. The lowest BCUT2D eigenvalue weighted by atomic mass is 10.00. The van der Waals surface area contributed by atoms with Crippen LogP contribution in [0.2, 0.25) is 5.02 Å². The highest BCUT2D eigenvalue weighted by Crippen LogP contribution is 2.20. The SMILES string of the molecule is O=C(C=Cc1ccccc1Cl)N1CCc2ccccc2C1.